The van der Waals surface area contributed by atoms with Gasteiger partial charge in [-0.2, -0.15) is 0 Å². The molecule has 3 aromatic rings. The molecular formula is C17H13F2NO. The van der Waals surface area contributed by atoms with Gasteiger partial charge >= 0.3 is 0 Å². The average molecular weight is 285 g/mol. The maximum Gasteiger partial charge on any atom is 0.165 e. The first kappa shape index (κ1) is 13.6. The zero-order valence-electron chi connectivity index (χ0n) is 11.3. The van der Waals surface area contributed by atoms with Crippen molar-refractivity contribution in [3.63, 3.8) is 0 Å². The van der Waals surface area contributed by atoms with E-state index >= 15 is 0 Å². The van der Waals surface area contributed by atoms with Crippen molar-refractivity contribution in [2.45, 2.75) is 12.5 Å². The van der Waals surface area contributed by atoms with Crippen LogP contribution >= 0.6 is 0 Å². The summed E-state index contributed by atoms with van der Waals surface area (Å²) in [6, 6.07) is 10.9. The number of benzene rings is 2. The zero-order chi connectivity index (χ0) is 15.0. The first-order chi connectivity index (χ1) is 10.0. The molecule has 0 aliphatic heterocycles. The molecule has 1 aromatic heterocycles. The molecule has 2 aromatic carbocycles. The number of pyridine rings is 1. The molecule has 1 N–H and O–H groups in total. The number of halogens is 2. The Kier molecular flexibility index (Phi) is 3.18. The summed E-state index contributed by atoms with van der Waals surface area (Å²) >= 11 is 0. The van der Waals surface area contributed by atoms with Gasteiger partial charge in [0.2, 0.25) is 0 Å². The van der Waals surface area contributed by atoms with Crippen LogP contribution in [0.15, 0.2) is 54.9 Å². The van der Waals surface area contributed by atoms with Crippen molar-refractivity contribution in [3.8, 4) is 0 Å². The summed E-state index contributed by atoms with van der Waals surface area (Å²) < 4.78 is 27.5. The van der Waals surface area contributed by atoms with Gasteiger partial charge in [0.15, 0.2) is 11.6 Å². The number of aromatic nitrogens is 1. The first-order valence-electron chi connectivity index (χ1n) is 6.52. The monoisotopic (exact) mass is 285 g/mol. The molecule has 0 aliphatic carbocycles. The lowest BCUT2D eigenvalue weighted by atomic mass is 9.85. The average Bonchev–Trinajstić information content (AvgIpc) is 2.49. The van der Waals surface area contributed by atoms with Crippen LogP contribution in [0.3, 0.4) is 0 Å². The molecule has 0 radical (unpaired) electrons. The Morgan fingerprint density at radius 3 is 2.52 bits per heavy atom. The van der Waals surface area contributed by atoms with Gasteiger partial charge in [-0.15, -0.1) is 0 Å². The molecule has 0 aliphatic rings. The van der Waals surface area contributed by atoms with Crippen molar-refractivity contribution in [2.24, 2.45) is 0 Å². The third-order valence-electron chi connectivity index (χ3n) is 3.68. The molecule has 0 bridgehead atoms. The Balaban J connectivity index is 2.27. The Hall–Kier alpha value is -2.33. The topological polar surface area (TPSA) is 33.1 Å². The van der Waals surface area contributed by atoms with Gasteiger partial charge in [-0.1, -0.05) is 30.3 Å². The van der Waals surface area contributed by atoms with Crippen LogP contribution in [0.4, 0.5) is 8.78 Å². The molecule has 1 atom stereocenters. The van der Waals surface area contributed by atoms with E-state index in [9.17, 15) is 13.9 Å². The normalized spacial score (nSPS) is 14.1. The quantitative estimate of drug-likeness (QED) is 0.777. The second-order valence-corrected chi connectivity index (χ2v) is 5.08. The second-order valence-electron chi connectivity index (χ2n) is 5.08. The van der Waals surface area contributed by atoms with Gasteiger partial charge in [0.1, 0.15) is 5.60 Å². The van der Waals surface area contributed by atoms with Gasteiger partial charge in [0.05, 0.1) is 0 Å². The Morgan fingerprint density at radius 1 is 1.00 bits per heavy atom. The van der Waals surface area contributed by atoms with E-state index in [0.717, 1.165) is 16.8 Å². The van der Waals surface area contributed by atoms with Crippen LogP contribution in [0.2, 0.25) is 0 Å². The van der Waals surface area contributed by atoms with Gasteiger partial charge in [-0.05, 0) is 30.0 Å². The minimum atomic E-state index is -1.65. The number of hydrogen-bond acceptors (Lipinski definition) is 2. The summed E-state index contributed by atoms with van der Waals surface area (Å²) in [5.74, 6) is -2.01. The van der Waals surface area contributed by atoms with E-state index in [4.69, 9.17) is 0 Å². The fourth-order valence-corrected chi connectivity index (χ4v) is 2.57. The van der Waals surface area contributed by atoms with Gasteiger partial charge in [-0.25, -0.2) is 8.78 Å². The van der Waals surface area contributed by atoms with Crippen LogP contribution in [-0.2, 0) is 5.60 Å². The Bertz CT molecular complexity index is 809. The Labute approximate surface area is 120 Å². The van der Waals surface area contributed by atoms with Crippen LogP contribution in [0, 0.1) is 11.6 Å². The highest BCUT2D eigenvalue weighted by molar-refractivity contribution is 5.86. The van der Waals surface area contributed by atoms with Crippen LogP contribution in [0.1, 0.15) is 18.1 Å². The van der Waals surface area contributed by atoms with Gasteiger partial charge < -0.3 is 5.11 Å². The van der Waals surface area contributed by atoms with Crippen molar-refractivity contribution in [1.29, 1.82) is 0 Å². The maximum absolute atomic E-state index is 14.0. The van der Waals surface area contributed by atoms with Crippen molar-refractivity contribution < 1.29 is 13.9 Å². The van der Waals surface area contributed by atoms with Crippen molar-refractivity contribution in [1.82, 2.24) is 4.98 Å². The van der Waals surface area contributed by atoms with Crippen molar-refractivity contribution >= 4 is 10.8 Å². The van der Waals surface area contributed by atoms with Crippen molar-refractivity contribution in [3.05, 3.63) is 77.6 Å². The molecule has 0 fully saturated rings. The van der Waals surface area contributed by atoms with Crippen LogP contribution in [-0.4, -0.2) is 10.1 Å². The number of aliphatic hydroxyl groups is 1. The number of rotatable bonds is 2. The molecule has 4 heteroatoms. The van der Waals surface area contributed by atoms with Crippen LogP contribution in [0.25, 0.3) is 10.8 Å². The molecule has 0 saturated heterocycles. The molecular weight excluding hydrogens is 272 g/mol. The largest absolute Gasteiger partial charge is 0.381 e. The number of nitrogens with zero attached hydrogens (tertiary/aromatic N) is 1. The lowest BCUT2D eigenvalue weighted by Gasteiger charge is -2.26. The highest BCUT2D eigenvalue weighted by Crippen LogP contribution is 2.35. The molecule has 106 valence electrons. The van der Waals surface area contributed by atoms with Gasteiger partial charge in [-0.3, -0.25) is 4.98 Å². The SMILES string of the molecule is CC(O)(c1cccc(F)c1F)c1cccc2cnccc12. The van der Waals surface area contributed by atoms with E-state index < -0.39 is 17.2 Å². The fraction of sp³-hybridized carbons (Fsp3) is 0.118. The van der Waals surface area contributed by atoms with E-state index in [1.54, 1.807) is 30.6 Å². The van der Waals surface area contributed by atoms with E-state index in [1.807, 2.05) is 6.07 Å². The summed E-state index contributed by atoms with van der Waals surface area (Å²) in [6.07, 6.45) is 3.26. The molecule has 0 spiro atoms. The van der Waals surface area contributed by atoms with Gasteiger partial charge in [0.25, 0.3) is 0 Å². The molecule has 0 amide bonds. The van der Waals surface area contributed by atoms with Crippen molar-refractivity contribution in [2.75, 3.05) is 0 Å². The lowest BCUT2D eigenvalue weighted by Crippen LogP contribution is -2.25. The zero-order valence-corrected chi connectivity index (χ0v) is 11.3. The summed E-state index contributed by atoms with van der Waals surface area (Å²) in [5, 5.41) is 12.4. The third-order valence-corrected chi connectivity index (χ3v) is 3.68. The molecule has 1 unspecified atom stereocenters. The number of fused-ring (bicyclic) bond motifs is 1. The smallest absolute Gasteiger partial charge is 0.165 e. The van der Waals surface area contributed by atoms with E-state index in [1.165, 1.54) is 19.1 Å². The van der Waals surface area contributed by atoms with E-state index in [2.05, 4.69) is 4.98 Å². The molecule has 3 rings (SSSR count). The number of hydrogen-bond donors (Lipinski definition) is 1. The highest BCUT2D eigenvalue weighted by Gasteiger charge is 2.31. The molecule has 0 saturated carbocycles. The predicted octanol–water partition coefficient (Wildman–Crippen LogP) is 3.77. The second kappa shape index (κ2) is 4.90. The first-order valence-corrected chi connectivity index (χ1v) is 6.52. The summed E-state index contributed by atoms with van der Waals surface area (Å²) in [6.45, 7) is 1.46. The van der Waals surface area contributed by atoms with E-state index in [-0.39, 0.29) is 5.56 Å². The van der Waals surface area contributed by atoms with Crippen LogP contribution in [0.5, 0.6) is 0 Å². The fourth-order valence-electron chi connectivity index (χ4n) is 2.57. The summed E-state index contributed by atoms with van der Waals surface area (Å²) in [7, 11) is 0. The molecule has 1 heterocycles. The predicted molar refractivity (Wildman–Crippen MR) is 76.8 cm³/mol. The third kappa shape index (κ3) is 2.17. The summed E-state index contributed by atoms with van der Waals surface area (Å²) in [5.41, 5.74) is -1.23. The summed E-state index contributed by atoms with van der Waals surface area (Å²) in [4.78, 5) is 4.02. The maximum atomic E-state index is 14.0. The standard InChI is InChI=1S/C17H13F2NO/c1-17(21,14-6-3-7-15(18)16(14)19)13-5-2-4-11-10-20-9-8-12(11)13/h2-10,21H,1H3. The van der Waals surface area contributed by atoms with Crippen LogP contribution < -0.4 is 0 Å². The van der Waals surface area contributed by atoms with E-state index in [0.29, 0.717) is 5.56 Å². The highest BCUT2D eigenvalue weighted by atomic mass is 19.2. The molecule has 21 heavy (non-hydrogen) atoms. The minimum absolute atomic E-state index is 0.0909. The molecule has 2 nitrogen and oxygen atoms in total. The lowest BCUT2D eigenvalue weighted by molar-refractivity contribution is 0.0986. The Morgan fingerprint density at radius 2 is 1.71 bits per heavy atom. The minimum Gasteiger partial charge on any atom is -0.381 e. The van der Waals surface area contributed by atoms with Gasteiger partial charge in [0, 0.05) is 23.3 Å².